The van der Waals surface area contributed by atoms with E-state index in [4.69, 9.17) is 0 Å². The van der Waals surface area contributed by atoms with Crippen LogP contribution in [0.4, 0.5) is 17.3 Å². The summed E-state index contributed by atoms with van der Waals surface area (Å²) in [5.74, 6) is 1.71. The summed E-state index contributed by atoms with van der Waals surface area (Å²) in [5.41, 5.74) is 1.01. The molecule has 2 aromatic rings. The van der Waals surface area contributed by atoms with Crippen LogP contribution >= 0.6 is 15.9 Å². The SMILES string of the molecule is Brc1cccc(Nc2cc(NC3CCCCCC3)ncn2)c1. The molecule has 0 unspecified atom stereocenters. The lowest BCUT2D eigenvalue weighted by molar-refractivity contribution is 0.617. The van der Waals surface area contributed by atoms with Crippen molar-refractivity contribution < 1.29 is 0 Å². The summed E-state index contributed by atoms with van der Waals surface area (Å²) in [6.45, 7) is 0. The molecule has 0 radical (unpaired) electrons. The minimum atomic E-state index is 0.538. The van der Waals surface area contributed by atoms with Gasteiger partial charge in [0, 0.05) is 22.3 Å². The summed E-state index contributed by atoms with van der Waals surface area (Å²) >= 11 is 3.48. The maximum atomic E-state index is 4.35. The highest BCUT2D eigenvalue weighted by Gasteiger charge is 2.12. The lowest BCUT2D eigenvalue weighted by atomic mass is 10.1. The second-order valence-electron chi connectivity index (χ2n) is 5.76. The third-order valence-electron chi connectivity index (χ3n) is 3.97. The zero-order valence-electron chi connectivity index (χ0n) is 12.6. The first-order valence-electron chi connectivity index (χ1n) is 7.91. The summed E-state index contributed by atoms with van der Waals surface area (Å²) in [6.07, 6.45) is 9.42. The van der Waals surface area contributed by atoms with Gasteiger partial charge >= 0.3 is 0 Å². The Kier molecular flexibility index (Phi) is 5.27. The van der Waals surface area contributed by atoms with Gasteiger partial charge in [0.1, 0.15) is 18.0 Å². The number of halogens is 1. The molecule has 1 fully saturated rings. The molecule has 4 nitrogen and oxygen atoms in total. The van der Waals surface area contributed by atoms with Crippen molar-refractivity contribution >= 4 is 33.3 Å². The normalized spacial score (nSPS) is 16.0. The Bertz CT molecular complexity index is 609. The van der Waals surface area contributed by atoms with Crippen molar-refractivity contribution in [3.63, 3.8) is 0 Å². The van der Waals surface area contributed by atoms with Gasteiger partial charge in [-0.15, -0.1) is 0 Å². The third kappa shape index (κ3) is 4.44. The van der Waals surface area contributed by atoms with Crippen LogP contribution in [0.1, 0.15) is 38.5 Å². The van der Waals surface area contributed by atoms with E-state index in [1.165, 1.54) is 38.5 Å². The number of hydrogen-bond acceptors (Lipinski definition) is 4. The molecule has 1 heterocycles. The molecule has 0 aliphatic heterocycles. The molecule has 0 spiro atoms. The number of aromatic nitrogens is 2. The average molecular weight is 361 g/mol. The molecule has 1 aliphatic rings. The molecule has 0 bridgehead atoms. The fourth-order valence-corrected chi connectivity index (χ4v) is 3.25. The van der Waals surface area contributed by atoms with Crippen molar-refractivity contribution in [3.05, 3.63) is 41.1 Å². The number of nitrogens with one attached hydrogen (secondary N) is 2. The molecule has 5 heteroatoms. The van der Waals surface area contributed by atoms with Gasteiger partial charge in [-0.05, 0) is 31.0 Å². The topological polar surface area (TPSA) is 49.8 Å². The molecule has 0 atom stereocenters. The van der Waals surface area contributed by atoms with Gasteiger partial charge < -0.3 is 10.6 Å². The quantitative estimate of drug-likeness (QED) is 0.743. The highest BCUT2D eigenvalue weighted by Crippen LogP contribution is 2.23. The van der Waals surface area contributed by atoms with E-state index in [0.717, 1.165) is 21.8 Å². The predicted molar refractivity (Wildman–Crippen MR) is 94.6 cm³/mol. The smallest absolute Gasteiger partial charge is 0.135 e. The Labute approximate surface area is 139 Å². The second kappa shape index (κ2) is 7.58. The Morgan fingerprint density at radius 1 is 0.955 bits per heavy atom. The number of rotatable bonds is 4. The number of benzene rings is 1. The van der Waals surface area contributed by atoms with Gasteiger partial charge in [-0.1, -0.05) is 47.7 Å². The van der Waals surface area contributed by atoms with Crippen LogP contribution in [0.2, 0.25) is 0 Å². The molecular formula is C17H21BrN4. The summed E-state index contributed by atoms with van der Waals surface area (Å²) in [5, 5.41) is 6.87. The van der Waals surface area contributed by atoms with Crippen molar-refractivity contribution in [2.24, 2.45) is 0 Å². The van der Waals surface area contributed by atoms with E-state index in [9.17, 15) is 0 Å². The molecule has 1 aromatic heterocycles. The number of anilines is 3. The van der Waals surface area contributed by atoms with Gasteiger partial charge in [0.25, 0.3) is 0 Å². The van der Waals surface area contributed by atoms with Crippen LogP contribution in [0.5, 0.6) is 0 Å². The summed E-state index contributed by atoms with van der Waals surface area (Å²) in [6, 6.07) is 10.6. The first-order valence-corrected chi connectivity index (χ1v) is 8.70. The van der Waals surface area contributed by atoms with Crippen LogP contribution in [-0.2, 0) is 0 Å². The van der Waals surface area contributed by atoms with Gasteiger partial charge in [-0.25, -0.2) is 9.97 Å². The van der Waals surface area contributed by atoms with Crippen molar-refractivity contribution in [2.75, 3.05) is 10.6 Å². The standard InChI is InChI=1S/C17H21BrN4/c18-13-6-5-9-15(10-13)22-17-11-16(19-12-20-17)21-14-7-3-1-2-4-8-14/h5-6,9-12,14H,1-4,7-8H2,(H2,19,20,21,22). The number of nitrogens with zero attached hydrogens (tertiary/aromatic N) is 2. The van der Waals surface area contributed by atoms with Gasteiger partial charge in [-0.3, -0.25) is 0 Å². The lowest BCUT2D eigenvalue weighted by Gasteiger charge is -2.17. The van der Waals surface area contributed by atoms with E-state index in [1.807, 2.05) is 30.3 Å². The van der Waals surface area contributed by atoms with Gasteiger partial charge in [0.05, 0.1) is 0 Å². The zero-order valence-corrected chi connectivity index (χ0v) is 14.1. The van der Waals surface area contributed by atoms with Crippen molar-refractivity contribution in [1.29, 1.82) is 0 Å². The van der Waals surface area contributed by atoms with Gasteiger partial charge in [0.2, 0.25) is 0 Å². The largest absolute Gasteiger partial charge is 0.367 e. The fraction of sp³-hybridized carbons (Fsp3) is 0.412. The van der Waals surface area contributed by atoms with Gasteiger partial charge in [0.15, 0.2) is 0 Å². The van der Waals surface area contributed by atoms with E-state index < -0.39 is 0 Å². The first-order chi connectivity index (χ1) is 10.8. The Morgan fingerprint density at radius 2 is 1.73 bits per heavy atom. The molecule has 0 amide bonds. The van der Waals surface area contributed by atoms with Crippen LogP contribution in [-0.4, -0.2) is 16.0 Å². The van der Waals surface area contributed by atoms with Crippen LogP contribution < -0.4 is 10.6 Å². The molecule has 22 heavy (non-hydrogen) atoms. The van der Waals surface area contributed by atoms with E-state index in [1.54, 1.807) is 6.33 Å². The minimum Gasteiger partial charge on any atom is -0.367 e. The zero-order chi connectivity index (χ0) is 15.2. The Morgan fingerprint density at radius 3 is 2.50 bits per heavy atom. The summed E-state index contributed by atoms with van der Waals surface area (Å²) < 4.78 is 1.04. The maximum absolute atomic E-state index is 4.35. The van der Waals surface area contributed by atoms with E-state index in [-0.39, 0.29) is 0 Å². The molecule has 1 aliphatic carbocycles. The molecule has 0 saturated heterocycles. The van der Waals surface area contributed by atoms with E-state index in [2.05, 4.69) is 36.5 Å². The molecule has 1 aromatic carbocycles. The fourth-order valence-electron chi connectivity index (χ4n) is 2.85. The lowest BCUT2D eigenvalue weighted by Crippen LogP contribution is -2.19. The highest BCUT2D eigenvalue weighted by atomic mass is 79.9. The monoisotopic (exact) mass is 360 g/mol. The average Bonchev–Trinajstić information content (AvgIpc) is 2.76. The minimum absolute atomic E-state index is 0.538. The third-order valence-corrected chi connectivity index (χ3v) is 4.46. The number of hydrogen-bond donors (Lipinski definition) is 2. The van der Waals surface area contributed by atoms with E-state index >= 15 is 0 Å². The van der Waals surface area contributed by atoms with Crippen molar-refractivity contribution in [3.8, 4) is 0 Å². The van der Waals surface area contributed by atoms with Crippen molar-refractivity contribution in [2.45, 2.75) is 44.6 Å². The Hall–Kier alpha value is -1.62. The van der Waals surface area contributed by atoms with Crippen molar-refractivity contribution in [1.82, 2.24) is 9.97 Å². The molecule has 2 N–H and O–H groups in total. The second-order valence-corrected chi connectivity index (χ2v) is 6.67. The predicted octanol–water partition coefficient (Wildman–Crippen LogP) is 5.12. The highest BCUT2D eigenvalue weighted by molar-refractivity contribution is 9.10. The molecule has 116 valence electrons. The summed E-state index contributed by atoms with van der Waals surface area (Å²) in [4.78, 5) is 8.65. The van der Waals surface area contributed by atoms with Gasteiger partial charge in [-0.2, -0.15) is 0 Å². The van der Waals surface area contributed by atoms with E-state index in [0.29, 0.717) is 6.04 Å². The Balaban J connectivity index is 1.66. The molecule has 1 saturated carbocycles. The van der Waals surface area contributed by atoms with Crippen LogP contribution in [0.15, 0.2) is 41.1 Å². The molecule has 3 rings (SSSR count). The van der Waals surface area contributed by atoms with Crippen LogP contribution in [0.25, 0.3) is 0 Å². The molecular weight excluding hydrogens is 340 g/mol. The summed E-state index contributed by atoms with van der Waals surface area (Å²) in [7, 11) is 0. The van der Waals surface area contributed by atoms with Crippen LogP contribution in [0, 0.1) is 0 Å². The van der Waals surface area contributed by atoms with Crippen LogP contribution in [0.3, 0.4) is 0 Å². The maximum Gasteiger partial charge on any atom is 0.135 e. The first kappa shape index (κ1) is 15.3.